The SMILES string of the molecule is CN(CC1CCCC1)c1ncc(C(=O)O)s1. The van der Waals surface area contributed by atoms with Gasteiger partial charge in [-0.1, -0.05) is 24.2 Å². The Morgan fingerprint density at radius 1 is 1.62 bits per heavy atom. The van der Waals surface area contributed by atoms with E-state index in [1.807, 2.05) is 7.05 Å². The number of carboxylic acids is 1. The van der Waals surface area contributed by atoms with Crippen LogP contribution in [0.2, 0.25) is 0 Å². The van der Waals surface area contributed by atoms with E-state index in [1.165, 1.54) is 43.2 Å². The number of carboxylic acid groups (broad SMARTS) is 1. The van der Waals surface area contributed by atoms with Crippen LogP contribution in [0.4, 0.5) is 5.13 Å². The third-order valence-electron chi connectivity index (χ3n) is 3.04. The maximum atomic E-state index is 10.7. The maximum Gasteiger partial charge on any atom is 0.347 e. The first-order valence-electron chi connectivity index (χ1n) is 5.57. The number of aromatic carboxylic acids is 1. The van der Waals surface area contributed by atoms with E-state index in [-0.39, 0.29) is 0 Å². The van der Waals surface area contributed by atoms with Crippen LogP contribution in [0.1, 0.15) is 35.4 Å². The summed E-state index contributed by atoms with van der Waals surface area (Å²) in [7, 11) is 1.99. The van der Waals surface area contributed by atoms with Crippen molar-refractivity contribution in [2.45, 2.75) is 25.7 Å². The van der Waals surface area contributed by atoms with Gasteiger partial charge in [0.1, 0.15) is 4.88 Å². The second-order valence-electron chi connectivity index (χ2n) is 4.34. The Bertz CT molecular complexity index is 372. The van der Waals surface area contributed by atoms with E-state index in [0.29, 0.717) is 4.88 Å². The Kier molecular flexibility index (Phi) is 3.43. The van der Waals surface area contributed by atoms with Gasteiger partial charge >= 0.3 is 5.97 Å². The molecule has 0 spiro atoms. The molecular formula is C11H16N2O2S. The van der Waals surface area contributed by atoms with Crippen molar-refractivity contribution in [3.63, 3.8) is 0 Å². The van der Waals surface area contributed by atoms with Gasteiger partial charge in [0.05, 0.1) is 6.20 Å². The van der Waals surface area contributed by atoms with E-state index in [4.69, 9.17) is 5.11 Å². The Hall–Kier alpha value is -1.10. The van der Waals surface area contributed by atoms with Gasteiger partial charge in [0.2, 0.25) is 0 Å². The minimum absolute atomic E-state index is 0.313. The summed E-state index contributed by atoms with van der Waals surface area (Å²) in [6.45, 7) is 0.993. The molecule has 1 N–H and O–H groups in total. The standard InChI is InChI=1S/C11H16N2O2S/c1-13(7-8-4-2-3-5-8)11-12-6-9(16-11)10(14)15/h6,8H,2-5,7H2,1H3,(H,14,15). The lowest BCUT2D eigenvalue weighted by Crippen LogP contribution is -2.23. The number of hydrogen-bond acceptors (Lipinski definition) is 4. The fourth-order valence-electron chi connectivity index (χ4n) is 2.20. The summed E-state index contributed by atoms with van der Waals surface area (Å²) in [5.74, 6) is -0.139. The van der Waals surface area contributed by atoms with Gasteiger partial charge < -0.3 is 10.0 Å². The van der Waals surface area contributed by atoms with E-state index < -0.39 is 5.97 Å². The molecule has 88 valence electrons. The van der Waals surface area contributed by atoms with Crippen LogP contribution in [0.25, 0.3) is 0 Å². The molecule has 0 unspecified atom stereocenters. The molecule has 5 heteroatoms. The quantitative estimate of drug-likeness (QED) is 0.878. The van der Waals surface area contributed by atoms with Gasteiger partial charge in [0, 0.05) is 13.6 Å². The molecule has 0 amide bonds. The van der Waals surface area contributed by atoms with E-state index in [0.717, 1.165) is 17.6 Å². The average molecular weight is 240 g/mol. The number of anilines is 1. The Labute approximate surface area is 98.9 Å². The molecule has 1 aromatic heterocycles. The van der Waals surface area contributed by atoms with Gasteiger partial charge in [-0.05, 0) is 18.8 Å². The molecule has 1 aromatic rings. The Morgan fingerprint density at radius 3 is 2.88 bits per heavy atom. The summed E-state index contributed by atoms with van der Waals surface area (Å²) in [6.07, 6.45) is 6.68. The zero-order chi connectivity index (χ0) is 11.5. The second kappa shape index (κ2) is 4.82. The molecule has 0 atom stereocenters. The van der Waals surface area contributed by atoms with Crippen molar-refractivity contribution in [3.8, 4) is 0 Å². The van der Waals surface area contributed by atoms with E-state index in [1.54, 1.807) is 0 Å². The van der Waals surface area contributed by atoms with Gasteiger partial charge in [-0.2, -0.15) is 0 Å². The Morgan fingerprint density at radius 2 is 2.31 bits per heavy atom. The zero-order valence-electron chi connectivity index (χ0n) is 9.35. The minimum atomic E-state index is -0.891. The molecule has 1 fully saturated rings. The summed E-state index contributed by atoms with van der Waals surface area (Å²) in [6, 6.07) is 0. The van der Waals surface area contributed by atoms with Crippen molar-refractivity contribution in [1.29, 1.82) is 0 Å². The van der Waals surface area contributed by atoms with Crippen molar-refractivity contribution in [2.24, 2.45) is 5.92 Å². The van der Waals surface area contributed by atoms with Crippen LogP contribution < -0.4 is 4.90 Å². The van der Waals surface area contributed by atoms with Crippen LogP contribution in [0.15, 0.2) is 6.20 Å². The van der Waals surface area contributed by atoms with Crippen LogP contribution in [-0.4, -0.2) is 29.7 Å². The zero-order valence-corrected chi connectivity index (χ0v) is 10.2. The molecule has 0 aromatic carbocycles. The molecule has 1 aliphatic rings. The molecule has 2 rings (SSSR count). The molecule has 1 saturated carbocycles. The minimum Gasteiger partial charge on any atom is -0.477 e. The van der Waals surface area contributed by atoms with Gasteiger partial charge in [-0.15, -0.1) is 0 Å². The van der Waals surface area contributed by atoms with Crippen molar-refractivity contribution in [3.05, 3.63) is 11.1 Å². The third kappa shape index (κ3) is 2.52. The van der Waals surface area contributed by atoms with Gasteiger partial charge in [0.25, 0.3) is 0 Å². The van der Waals surface area contributed by atoms with E-state index in [2.05, 4.69) is 9.88 Å². The summed E-state index contributed by atoms with van der Waals surface area (Å²) in [5, 5.41) is 9.63. The molecule has 0 saturated heterocycles. The first-order valence-corrected chi connectivity index (χ1v) is 6.38. The number of hydrogen-bond donors (Lipinski definition) is 1. The van der Waals surface area contributed by atoms with Crippen molar-refractivity contribution >= 4 is 22.4 Å². The normalized spacial score (nSPS) is 16.6. The van der Waals surface area contributed by atoms with Gasteiger partial charge in [0.15, 0.2) is 5.13 Å². The lowest BCUT2D eigenvalue weighted by Gasteiger charge is -2.19. The average Bonchev–Trinajstić information content (AvgIpc) is 2.86. The van der Waals surface area contributed by atoms with Crippen molar-refractivity contribution < 1.29 is 9.90 Å². The number of rotatable bonds is 4. The van der Waals surface area contributed by atoms with Crippen LogP contribution >= 0.6 is 11.3 Å². The first-order chi connectivity index (χ1) is 7.66. The van der Waals surface area contributed by atoms with Crippen LogP contribution in [0.3, 0.4) is 0 Å². The summed E-state index contributed by atoms with van der Waals surface area (Å²) in [4.78, 5) is 17.3. The number of aromatic nitrogens is 1. The van der Waals surface area contributed by atoms with E-state index >= 15 is 0 Å². The summed E-state index contributed by atoms with van der Waals surface area (Å²) >= 11 is 1.25. The largest absolute Gasteiger partial charge is 0.477 e. The highest BCUT2D eigenvalue weighted by atomic mass is 32.1. The maximum absolute atomic E-state index is 10.7. The predicted molar refractivity (Wildman–Crippen MR) is 64.3 cm³/mol. The topological polar surface area (TPSA) is 53.4 Å². The molecule has 4 nitrogen and oxygen atoms in total. The smallest absolute Gasteiger partial charge is 0.347 e. The second-order valence-corrected chi connectivity index (χ2v) is 5.35. The lowest BCUT2D eigenvalue weighted by atomic mass is 10.1. The van der Waals surface area contributed by atoms with Gasteiger partial charge in [-0.25, -0.2) is 9.78 Å². The van der Waals surface area contributed by atoms with Crippen LogP contribution in [-0.2, 0) is 0 Å². The highest BCUT2D eigenvalue weighted by Gasteiger charge is 2.19. The summed E-state index contributed by atoms with van der Waals surface area (Å²) < 4.78 is 0. The van der Waals surface area contributed by atoms with Gasteiger partial charge in [-0.3, -0.25) is 0 Å². The molecule has 1 aliphatic carbocycles. The Balaban J connectivity index is 1.96. The highest BCUT2D eigenvalue weighted by molar-refractivity contribution is 7.17. The fourth-order valence-corrected chi connectivity index (χ4v) is 2.92. The fraction of sp³-hybridized carbons (Fsp3) is 0.636. The van der Waals surface area contributed by atoms with Crippen LogP contribution in [0.5, 0.6) is 0 Å². The summed E-state index contributed by atoms with van der Waals surface area (Å²) in [5.41, 5.74) is 0. The molecule has 0 bridgehead atoms. The van der Waals surface area contributed by atoms with E-state index in [9.17, 15) is 4.79 Å². The first kappa shape index (κ1) is 11.4. The predicted octanol–water partition coefficient (Wildman–Crippen LogP) is 2.47. The van der Waals surface area contributed by atoms with Crippen LogP contribution in [0, 0.1) is 5.92 Å². The number of thiazole rings is 1. The highest BCUT2D eigenvalue weighted by Crippen LogP contribution is 2.28. The molecular weight excluding hydrogens is 224 g/mol. The molecule has 0 aliphatic heterocycles. The molecule has 0 radical (unpaired) electrons. The number of carbonyl (C=O) groups is 1. The molecule has 16 heavy (non-hydrogen) atoms. The monoisotopic (exact) mass is 240 g/mol. The third-order valence-corrected chi connectivity index (χ3v) is 4.14. The molecule has 1 heterocycles. The lowest BCUT2D eigenvalue weighted by molar-refractivity contribution is 0.0702. The van der Waals surface area contributed by atoms with Crippen molar-refractivity contribution in [1.82, 2.24) is 4.98 Å². The van der Waals surface area contributed by atoms with Crippen molar-refractivity contribution in [2.75, 3.05) is 18.5 Å². The number of nitrogens with zero attached hydrogens (tertiary/aromatic N) is 2.